The fraction of sp³-hybridized carbons (Fsp3) is 0.591. The molecule has 0 saturated carbocycles. The van der Waals surface area contributed by atoms with Gasteiger partial charge in [-0.3, -0.25) is 9.59 Å². The predicted molar refractivity (Wildman–Crippen MR) is 221 cm³/mol. The molecule has 0 amide bonds. The van der Waals surface area contributed by atoms with Crippen molar-refractivity contribution >= 4 is 35.8 Å². The lowest BCUT2D eigenvalue weighted by molar-refractivity contribution is -0.159. The third-order valence-electron chi connectivity index (χ3n) is 8.73. The molecule has 1 aromatic carbocycles. The van der Waals surface area contributed by atoms with Gasteiger partial charge >= 0.3 is 35.8 Å². The third-order valence-corrected chi connectivity index (χ3v) is 8.73. The first-order valence-electron chi connectivity index (χ1n) is 19.4. The Kier molecular flexibility index (Phi) is 27.2. The Bertz CT molecular complexity index is 1540. The molecule has 15 heteroatoms. The Morgan fingerprint density at radius 1 is 0.576 bits per heavy atom. The number of benzene rings is 1. The Morgan fingerprint density at radius 3 is 1.27 bits per heavy atom. The Morgan fingerprint density at radius 2 is 0.932 bits per heavy atom. The fourth-order valence-corrected chi connectivity index (χ4v) is 3.55. The van der Waals surface area contributed by atoms with Crippen LogP contribution in [0.3, 0.4) is 0 Å². The standard InChI is InChI=1S/C19H26O5.C13H22O5.C12H20O5/c1-6-19(4,5)15-9-7-14(8-10-15)18(22)24-12-16(20)11-23-17(21)13(2)3;1-6-13(4,5)12(16)18-8-10(14)7-17-11(15)9(2)3;1-5-9(4)12(15)17-7-10(13)6-16-11(14)8(2)3/h7-10,16,20H,2,6,11-12H2,1,3-5H3;10,14H,2,6-8H2,1,3-5H3;9-10,13H,2,5-7H2,1,3-4H3. The zero-order valence-electron chi connectivity index (χ0n) is 36.8. The molecule has 0 spiro atoms. The monoisotopic (exact) mass is 836 g/mol. The largest absolute Gasteiger partial charge is 0.463 e. The lowest BCUT2D eigenvalue weighted by atomic mass is 9.82. The van der Waals surface area contributed by atoms with Crippen molar-refractivity contribution in [1.82, 2.24) is 0 Å². The SMILES string of the molecule is C=C(C)C(=O)OCC(O)COC(=O)C(C)(C)CC.C=C(C)C(=O)OCC(O)COC(=O)C(C)CC.C=C(C)C(=O)OCC(O)COC(=O)c1ccc(C(C)(C)CC)cc1. The first kappa shape index (κ1) is 56.2. The summed E-state index contributed by atoms with van der Waals surface area (Å²) in [5, 5.41) is 28.6. The molecule has 1 rings (SSSR count). The molecule has 0 fully saturated rings. The molecule has 1 aromatic rings. The van der Waals surface area contributed by atoms with Crippen LogP contribution in [-0.2, 0) is 57.8 Å². The molecule has 0 aliphatic rings. The minimum atomic E-state index is -1.07. The van der Waals surface area contributed by atoms with Crippen LogP contribution in [0, 0.1) is 11.3 Å². The summed E-state index contributed by atoms with van der Waals surface area (Å²) >= 11 is 0. The van der Waals surface area contributed by atoms with E-state index >= 15 is 0 Å². The molecule has 3 N–H and O–H groups in total. The van der Waals surface area contributed by atoms with E-state index in [2.05, 4.69) is 40.5 Å². The van der Waals surface area contributed by atoms with Gasteiger partial charge in [-0.1, -0.05) is 73.4 Å². The van der Waals surface area contributed by atoms with E-state index in [0.29, 0.717) is 18.4 Å². The highest BCUT2D eigenvalue weighted by Crippen LogP contribution is 2.27. The summed E-state index contributed by atoms with van der Waals surface area (Å²) in [7, 11) is 0. The second kappa shape index (κ2) is 28.5. The summed E-state index contributed by atoms with van der Waals surface area (Å²) in [4.78, 5) is 68.1. The molecule has 334 valence electrons. The summed E-state index contributed by atoms with van der Waals surface area (Å²) in [6.45, 7) is 28.9. The van der Waals surface area contributed by atoms with Gasteiger partial charge in [0.25, 0.3) is 0 Å². The van der Waals surface area contributed by atoms with Crippen molar-refractivity contribution in [2.24, 2.45) is 11.3 Å². The van der Waals surface area contributed by atoms with Crippen LogP contribution in [0.2, 0.25) is 0 Å². The molecule has 15 nitrogen and oxygen atoms in total. The van der Waals surface area contributed by atoms with Crippen LogP contribution < -0.4 is 0 Å². The van der Waals surface area contributed by atoms with Crippen molar-refractivity contribution in [3.05, 3.63) is 71.8 Å². The second-order valence-electron chi connectivity index (χ2n) is 15.3. The van der Waals surface area contributed by atoms with Crippen molar-refractivity contribution in [2.75, 3.05) is 39.6 Å². The lowest BCUT2D eigenvalue weighted by Gasteiger charge is -2.23. The summed E-state index contributed by atoms with van der Waals surface area (Å²) in [5.74, 6) is -3.20. The molecule has 0 aliphatic carbocycles. The van der Waals surface area contributed by atoms with Crippen LogP contribution in [0.25, 0.3) is 0 Å². The second-order valence-corrected chi connectivity index (χ2v) is 15.3. The van der Waals surface area contributed by atoms with E-state index in [1.54, 1.807) is 32.9 Å². The van der Waals surface area contributed by atoms with Crippen molar-refractivity contribution < 1.29 is 72.5 Å². The number of aliphatic hydroxyl groups excluding tert-OH is 3. The third kappa shape index (κ3) is 24.6. The number of hydrogen-bond acceptors (Lipinski definition) is 15. The topological polar surface area (TPSA) is 218 Å². The van der Waals surface area contributed by atoms with Gasteiger partial charge < -0.3 is 43.7 Å². The zero-order chi connectivity index (χ0) is 46.1. The van der Waals surface area contributed by atoms with Gasteiger partial charge in [-0.2, -0.15) is 0 Å². The average molecular weight is 837 g/mol. The van der Waals surface area contributed by atoms with Gasteiger partial charge in [0, 0.05) is 16.7 Å². The van der Waals surface area contributed by atoms with Gasteiger partial charge in [-0.05, 0) is 77.0 Å². The highest BCUT2D eigenvalue weighted by atomic mass is 16.6. The number of rotatable bonds is 22. The maximum Gasteiger partial charge on any atom is 0.338 e. The molecule has 0 saturated heterocycles. The normalized spacial score (nSPS) is 12.8. The maximum atomic E-state index is 12.0. The molecule has 0 bridgehead atoms. The number of aliphatic hydroxyl groups is 3. The highest BCUT2D eigenvalue weighted by Gasteiger charge is 2.28. The van der Waals surface area contributed by atoms with Crippen molar-refractivity contribution in [2.45, 2.75) is 119 Å². The summed E-state index contributed by atoms with van der Waals surface area (Å²) < 4.78 is 29.1. The van der Waals surface area contributed by atoms with Gasteiger partial charge in [0.15, 0.2) is 0 Å². The number of ether oxygens (including phenoxy) is 6. The predicted octanol–water partition coefficient (Wildman–Crippen LogP) is 5.51. The molecule has 4 atom stereocenters. The van der Waals surface area contributed by atoms with Crippen LogP contribution in [-0.4, -0.2) is 109 Å². The summed E-state index contributed by atoms with van der Waals surface area (Å²) in [5.41, 5.74) is 1.79. The number of carbonyl (C=O) groups is 6. The molecule has 0 aliphatic heterocycles. The van der Waals surface area contributed by atoms with Crippen molar-refractivity contribution in [3.63, 3.8) is 0 Å². The van der Waals surface area contributed by atoms with Crippen LogP contribution in [0.4, 0.5) is 0 Å². The minimum absolute atomic E-state index is 0.0474. The lowest BCUT2D eigenvalue weighted by Crippen LogP contribution is -2.31. The first-order chi connectivity index (χ1) is 27.3. The molecule has 59 heavy (non-hydrogen) atoms. The molecule has 0 radical (unpaired) electrons. The molecular formula is C44H68O15. The van der Waals surface area contributed by atoms with E-state index in [0.717, 1.165) is 12.0 Å². The van der Waals surface area contributed by atoms with E-state index in [-0.39, 0.29) is 79.6 Å². The van der Waals surface area contributed by atoms with Crippen molar-refractivity contribution in [1.29, 1.82) is 0 Å². The van der Waals surface area contributed by atoms with Crippen LogP contribution >= 0.6 is 0 Å². The summed E-state index contributed by atoms with van der Waals surface area (Å²) in [6.07, 6.45) is -0.787. The summed E-state index contributed by atoms with van der Waals surface area (Å²) in [6, 6.07) is 7.24. The number of hydrogen-bond donors (Lipinski definition) is 3. The van der Waals surface area contributed by atoms with E-state index in [1.165, 1.54) is 20.8 Å². The first-order valence-corrected chi connectivity index (χ1v) is 19.4. The van der Waals surface area contributed by atoms with Gasteiger partial charge in [0.1, 0.15) is 58.0 Å². The van der Waals surface area contributed by atoms with Crippen molar-refractivity contribution in [3.8, 4) is 0 Å². The van der Waals surface area contributed by atoms with E-state index in [1.807, 2.05) is 26.0 Å². The van der Waals surface area contributed by atoms with E-state index < -0.39 is 47.6 Å². The Labute approximate surface area is 349 Å². The average Bonchev–Trinajstić information content (AvgIpc) is 3.20. The maximum absolute atomic E-state index is 12.0. The molecular weight excluding hydrogens is 768 g/mol. The van der Waals surface area contributed by atoms with Crippen LogP contribution in [0.1, 0.15) is 111 Å². The van der Waals surface area contributed by atoms with E-state index in [9.17, 15) is 44.1 Å². The minimum Gasteiger partial charge on any atom is -0.463 e. The smallest absolute Gasteiger partial charge is 0.338 e. The Hall–Kier alpha value is -4.86. The fourth-order valence-electron chi connectivity index (χ4n) is 3.55. The van der Waals surface area contributed by atoms with Gasteiger partial charge in [0.2, 0.25) is 0 Å². The molecule has 0 heterocycles. The Balaban J connectivity index is 0. The molecule has 0 aromatic heterocycles. The number of carbonyl (C=O) groups excluding carboxylic acids is 6. The number of esters is 6. The zero-order valence-corrected chi connectivity index (χ0v) is 36.8. The molecule has 4 unspecified atom stereocenters. The quantitative estimate of drug-likeness (QED) is 0.0745. The van der Waals surface area contributed by atoms with Gasteiger partial charge in [-0.15, -0.1) is 0 Å². The highest BCUT2D eigenvalue weighted by molar-refractivity contribution is 5.89. The van der Waals surface area contributed by atoms with Gasteiger partial charge in [0.05, 0.1) is 16.9 Å². The van der Waals surface area contributed by atoms with Crippen LogP contribution in [0.15, 0.2) is 60.7 Å². The van der Waals surface area contributed by atoms with E-state index in [4.69, 9.17) is 28.4 Å². The van der Waals surface area contributed by atoms with Gasteiger partial charge in [-0.25, -0.2) is 19.2 Å². The van der Waals surface area contributed by atoms with Crippen LogP contribution in [0.5, 0.6) is 0 Å².